The predicted octanol–water partition coefficient (Wildman–Crippen LogP) is 0.444. The molecular weight excluding hydrogens is 142 g/mol. The Kier molecular flexibility index (Phi) is 1.42. The maximum atomic E-state index is 11.0. The molecule has 62 valence electrons. The van der Waals surface area contributed by atoms with Crippen LogP contribution >= 0.6 is 0 Å². The summed E-state index contributed by atoms with van der Waals surface area (Å²) in [6.45, 7) is 0. The van der Waals surface area contributed by atoms with Crippen LogP contribution in [0.2, 0.25) is 0 Å². The summed E-state index contributed by atoms with van der Waals surface area (Å²) in [6.07, 6.45) is 4.57. The minimum Gasteiger partial charge on any atom is -0.468 e. The fourth-order valence-electron chi connectivity index (χ4n) is 1.80. The average molecular weight is 155 g/mol. The maximum absolute atomic E-state index is 11.0. The standard InChI is InChI=1S/C8H13NO2/c1-11-7(10)6-2-3-8(9-6)4-5-8/h6,9H,2-5H2,1H3/t6-/m1/s1. The minimum atomic E-state index is -0.103. The smallest absolute Gasteiger partial charge is 0.322 e. The highest BCUT2D eigenvalue weighted by Gasteiger charge is 2.49. The predicted molar refractivity (Wildman–Crippen MR) is 40.1 cm³/mol. The Morgan fingerprint density at radius 1 is 1.55 bits per heavy atom. The van der Waals surface area contributed by atoms with Crippen LogP contribution in [-0.4, -0.2) is 24.7 Å². The number of rotatable bonds is 1. The summed E-state index contributed by atoms with van der Waals surface area (Å²) >= 11 is 0. The molecule has 2 rings (SSSR count). The first-order valence-corrected chi connectivity index (χ1v) is 4.11. The van der Waals surface area contributed by atoms with Crippen molar-refractivity contribution in [3.05, 3.63) is 0 Å². The lowest BCUT2D eigenvalue weighted by Gasteiger charge is -2.09. The lowest BCUT2D eigenvalue weighted by atomic mass is 10.2. The van der Waals surface area contributed by atoms with Gasteiger partial charge in [-0.05, 0) is 25.7 Å². The number of ether oxygens (including phenoxy) is 1. The fraction of sp³-hybridized carbons (Fsp3) is 0.875. The molecule has 1 atom stereocenters. The summed E-state index contributed by atoms with van der Waals surface area (Å²) in [4.78, 5) is 11.0. The Morgan fingerprint density at radius 3 is 2.73 bits per heavy atom. The van der Waals surface area contributed by atoms with Crippen molar-refractivity contribution in [2.45, 2.75) is 37.3 Å². The van der Waals surface area contributed by atoms with Crippen molar-refractivity contribution in [1.29, 1.82) is 0 Å². The van der Waals surface area contributed by atoms with Gasteiger partial charge in [0.25, 0.3) is 0 Å². The zero-order chi connectivity index (χ0) is 7.90. The van der Waals surface area contributed by atoms with Crippen LogP contribution in [0, 0.1) is 0 Å². The van der Waals surface area contributed by atoms with Gasteiger partial charge in [0.05, 0.1) is 7.11 Å². The van der Waals surface area contributed by atoms with Crippen molar-refractivity contribution >= 4 is 5.97 Å². The largest absolute Gasteiger partial charge is 0.468 e. The Labute approximate surface area is 66.1 Å². The summed E-state index contributed by atoms with van der Waals surface area (Å²) in [5, 5.41) is 3.32. The molecule has 1 N–H and O–H groups in total. The molecule has 0 aromatic carbocycles. The van der Waals surface area contributed by atoms with Gasteiger partial charge in [0.2, 0.25) is 0 Å². The van der Waals surface area contributed by atoms with E-state index in [1.165, 1.54) is 20.0 Å². The van der Waals surface area contributed by atoms with E-state index in [1.54, 1.807) is 0 Å². The zero-order valence-corrected chi connectivity index (χ0v) is 6.72. The van der Waals surface area contributed by atoms with Crippen LogP contribution in [0.25, 0.3) is 0 Å². The number of hydrogen-bond donors (Lipinski definition) is 1. The van der Waals surface area contributed by atoms with E-state index in [4.69, 9.17) is 0 Å². The van der Waals surface area contributed by atoms with Crippen molar-refractivity contribution in [3.63, 3.8) is 0 Å². The zero-order valence-electron chi connectivity index (χ0n) is 6.72. The molecule has 1 aliphatic carbocycles. The van der Waals surface area contributed by atoms with Crippen molar-refractivity contribution in [3.8, 4) is 0 Å². The van der Waals surface area contributed by atoms with Crippen LogP contribution in [0.4, 0.5) is 0 Å². The second-order valence-corrected chi connectivity index (χ2v) is 3.54. The highest BCUT2D eigenvalue weighted by atomic mass is 16.5. The van der Waals surface area contributed by atoms with Crippen LogP contribution < -0.4 is 5.32 Å². The van der Waals surface area contributed by atoms with Crippen molar-refractivity contribution in [1.82, 2.24) is 5.32 Å². The first-order chi connectivity index (χ1) is 5.26. The number of methoxy groups -OCH3 is 1. The summed E-state index contributed by atoms with van der Waals surface area (Å²) in [5.41, 5.74) is 0.346. The Hall–Kier alpha value is -0.570. The van der Waals surface area contributed by atoms with Gasteiger partial charge in [0.15, 0.2) is 0 Å². The summed E-state index contributed by atoms with van der Waals surface area (Å²) in [7, 11) is 1.45. The quantitative estimate of drug-likeness (QED) is 0.558. The Balaban J connectivity index is 1.94. The fourth-order valence-corrected chi connectivity index (χ4v) is 1.80. The molecule has 0 aromatic heterocycles. The molecule has 0 bridgehead atoms. The van der Waals surface area contributed by atoms with E-state index in [0.717, 1.165) is 12.8 Å². The van der Waals surface area contributed by atoms with E-state index in [0.29, 0.717) is 5.54 Å². The SMILES string of the molecule is COC(=O)[C@H]1CCC2(CC2)N1. The summed E-state index contributed by atoms with van der Waals surface area (Å²) < 4.78 is 4.65. The third-order valence-corrected chi connectivity index (χ3v) is 2.73. The van der Waals surface area contributed by atoms with Gasteiger partial charge in [-0.2, -0.15) is 0 Å². The van der Waals surface area contributed by atoms with Gasteiger partial charge in [0.1, 0.15) is 6.04 Å². The lowest BCUT2D eigenvalue weighted by molar-refractivity contribution is -0.142. The first kappa shape index (κ1) is 7.10. The van der Waals surface area contributed by atoms with Gasteiger partial charge in [-0.25, -0.2) is 0 Å². The van der Waals surface area contributed by atoms with Gasteiger partial charge in [-0.3, -0.25) is 10.1 Å². The average Bonchev–Trinajstić information content (AvgIpc) is 2.61. The van der Waals surface area contributed by atoms with E-state index in [1.807, 2.05) is 0 Å². The second-order valence-electron chi connectivity index (χ2n) is 3.54. The molecule has 1 spiro atoms. The minimum absolute atomic E-state index is 0.0255. The molecule has 0 amide bonds. The Morgan fingerprint density at radius 2 is 2.27 bits per heavy atom. The molecule has 1 saturated heterocycles. The maximum Gasteiger partial charge on any atom is 0.322 e. The van der Waals surface area contributed by atoms with Gasteiger partial charge < -0.3 is 4.74 Å². The van der Waals surface area contributed by atoms with Crippen LogP contribution in [0.3, 0.4) is 0 Å². The number of nitrogens with one attached hydrogen (secondary N) is 1. The number of carbonyl (C=O) groups excluding carboxylic acids is 1. The number of hydrogen-bond acceptors (Lipinski definition) is 3. The molecule has 0 unspecified atom stereocenters. The third kappa shape index (κ3) is 1.13. The number of carbonyl (C=O) groups is 1. The molecule has 0 aromatic rings. The Bertz CT molecular complexity index is 187. The van der Waals surface area contributed by atoms with Crippen molar-refractivity contribution in [2.75, 3.05) is 7.11 Å². The topological polar surface area (TPSA) is 38.3 Å². The molecule has 2 aliphatic rings. The highest BCUT2D eigenvalue weighted by Crippen LogP contribution is 2.44. The molecule has 3 nitrogen and oxygen atoms in total. The molecule has 1 saturated carbocycles. The van der Waals surface area contributed by atoms with Crippen LogP contribution in [0.1, 0.15) is 25.7 Å². The van der Waals surface area contributed by atoms with E-state index < -0.39 is 0 Å². The number of esters is 1. The monoisotopic (exact) mass is 155 g/mol. The van der Waals surface area contributed by atoms with Gasteiger partial charge >= 0.3 is 5.97 Å². The van der Waals surface area contributed by atoms with Crippen LogP contribution in [0.5, 0.6) is 0 Å². The van der Waals surface area contributed by atoms with Crippen LogP contribution in [-0.2, 0) is 9.53 Å². The summed E-state index contributed by atoms with van der Waals surface area (Å²) in [6, 6.07) is -0.0255. The van der Waals surface area contributed by atoms with Gasteiger partial charge in [-0.15, -0.1) is 0 Å². The molecule has 0 radical (unpaired) electrons. The molecular formula is C8H13NO2. The molecule has 3 heteroatoms. The van der Waals surface area contributed by atoms with E-state index >= 15 is 0 Å². The molecule has 1 heterocycles. The van der Waals surface area contributed by atoms with Crippen molar-refractivity contribution in [2.24, 2.45) is 0 Å². The van der Waals surface area contributed by atoms with Crippen molar-refractivity contribution < 1.29 is 9.53 Å². The van der Waals surface area contributed by atoms with Gasteiger partial charge in [-0.1, -0.05) is 0 Å². The molecule has 1 aliphatic heterocycles. The third-order valence-electron chi connectivity index (χ3n) is 2.73. The molecule has 2 fully saturated rings. The highest BCUT2D eigenvalue weighted by molar-refractivity contribution is 5.76. The lowest BCUT2D eigenvalue weighted by Crippen LogP contribution is -2.37. The first-order valence-electron chi connectivity index (χ1n) is 4.11. The summed E-state index contributed by atoms with van der Waals surface area (Å²) in [5.74, 6) is -0.103. The van der Waals surface area contributed by atoms with Gasteiger partial charge in [0, 0.05) is 5.54 Å². The second kappa shape index (κ2) is 2.21. The molecule has 11 heavy (non-hydrogen) atoms. The van der Waals surface area contributed by atoms with E-state index in [2.05, 4.69) is 10.1 Å². The van der Waals surface area contributed by atoms with E-state index in [-0.39, 0.29) is 12.0 Å². The van der Waals surface area contributed by atoms with E-state index in [9.17, 15) is 4.79 Å². The normalized spacial score (nSPS) is 32.3. The van der Waals surface area contributed by atoms with Crippen LogP contribution in [0.15, 0.2) is 0 Å².